The SMILES string of the molecule is Clc1cc(Cl)cc(C2CC2(Cl)Cl)c1. The van der Waals surface area contributed by atoms with Crippen LogP contribution in [0.3, 0.4) is 0 Å². The van der Waals surface area contributed by atoms with Crippen LogP contribution in [0, 0.1) is 0 Å². The van der Waals surface area contributed by atoms with Crippen LogP contribution in [0.15, 0.2) is 18.2 Å². The molecule has 1 aliphatic rings. The fourth-order valence-electron chi connectivity index (χ4n) is 1.35. The molecule has 0 spiro atoms. The Morgan fingerprint density at radius 3 is 1.92 bits per heavy atom. The average molecular weight is 256 g/mol. The van der Waals surface area contributed by atoms with Crippen molar-refractivity contribution < 1.29 is 0 Å². The summed E-state index contributed by atoms with van der Waals surface area (Å²) in [5.41, 5.74) is 1.02. The first-order valence-electron chi connectivity index (χ1n) is 3.83. The monoisotopic (exact) mass is 254 g/mol. The number of hydrogen-bond acceptors (Lipinski definition) is 0. The second-order valence-electron chi connectivity index (χ2n) is 3.22. The number of hydrogen-bond donors (Lipinski definition) is 0. The lowest BCUT2D eigenvalue weighted by Crippen LogP contribution is -1.89. The molecule has 1 fully saturated rings. The van der Waals surface area contributed by atoms with Crippen molar-refractivity contribution in [2.24, 2.45) is 0 Å². The summed E-state index contributed by atoms with van der Waals surface area (Å²) in [5, 5.41) is 1.25. The summed E-state index contributed by atoms with van der Waals surface area (Å²) >= 11 is 23.5. The summed E-state index contributed by atoms with van der Waals surface area (Å²) in [5.74, 6) is 0.173. The second-order valence-corrected chi connectivity index (χ2v) is 5.64. The van der Waals surface area contributed by atoms with E-state index in [1.165, 1.54) is 0 Å². The Labute approximate surface area is 96.7 Å². The third-order valence-corrected chi connectivity index (χ3v) is 3.39. The first-order valence-corrected chi connectivity index (χ1v) is 5.34. The van der Waals surface area contributed by atoms with Crippen molar-refractivity contribution in [3.05, 3.63) is 33.8 Å². The Bertz CT molecular complexity index is 325. The summed E-state index contributed by atoms with van der Waals surface area (Å²) < 4.78 is -0.617. The van der Waals surface area contributed by atoms with Gasteiger partial charge in [0.25, 0.3) is 0 Å². The standard InChI is InChI=1S/C9H6Cl4/c10-6-1-5(2-7(11)3-6)8-4-9(8,12)13/h1-3,8H,4H2. The highest BCUT2D eigenvalue weighted by Crippen LogP contribution is 2.59. The first kappa shape index (κ1) is 9.92. The molecular weight excluding hydrogens is 250 g/mol. The molecule has 0 radical (unpaired) electrons. The smallest absolute Gasteiger partial charge is 0.101 e. The van der Waals surface area contributed by atoms with E-state index in [2.05, 4.69) is 0 Å². The molecule has 0 heterocycles. The molecule has 1 aromatic rings. The van der Waals surface area contributed by atoms with Crippen LogP contribution in [0.2, 0.25) is 10.0 Å². The number of benzene rings is 1. The molecule has 13 heavy (non-hydrogen) atoms. The topological polar surface area (TPSA) is 0 Å². The van der Waals surface area contributed by atoms with E-state index in [0.717, 1.165) is 12.0 Å². The number of alkyl halides is 2. The Kier molecular flexibility index (Phi) is 2.44. The molecule has 0 bridgehead atoms. The minimum atomic E-state index is -0.617. The van der Waals surface area contributed by atoms with Gasteiger partial charge < -0.3 is 0 Å². The minimum Gasteiger partial charge on any atom is -0.101 e. The van der Waals surface area contributed by atoms with Crippen LogP contribution < -0.4 is 0 Å². The summed E-state index contributed by atoms with van der Waals surface area (Å²) in [6, 6.07) is 5.40. The van der Waals surface area contributed by atoms with E-state index in [1.807, 2.05) is 12.1 Å². The van der Waals surface area contributed by atoms with Gasteiger partial charge in [-0.2, -0.15) is 0 Å². The zero-order valence-electron chi connectivity index (χ0n) is 6.53. The molecule has 0 saturated heterocycles. The van der Waals surface area contributed by atoms with Crippen molar-refractivity contribution in [1.29, 1.82) is 0 Å². The van der Waals surface area contributed by atoms with E-state index < -0.39 is 4.33 Å². The largest absolute Gasteiger partial charge is 0.125 e. The molecule has 2 rings (SSSR count). The number of halogens is 4. The molecule has 0 nitrogen and oxygen atoms in total. The highest BCUT2D eigenvalue weighted by molar-refractivity contribution is 6.51. The van der Waals surface area contributed by atoms with Gasteiger partial charge in [-0.1, -0.05) is 23.2 Å². The maximum atomic E-state index is 5.93. The van der Waals surface area contributed by atoms with Crippen LogP contribution in [0.25, 0.3) is 0 Å². The summed E-state index contributed by atoms with van der Waals surface area (Å²) in [4.78, 5) is 0. The van der Waals surface area contributed by atoms with Crippen LogP contribution in [0.1, 0.15) is 17.9 Å². The quantitative estimate of drug-likeness (QED) is 0.641. The van der Waals surface area contributed by atoms with Gasteiger partial charge in [0.1, 0.15) is 4.33 Å². The lowest BCUT2D eigenvalue weighted by Gasteiger charge is -2.02. The third kappa shape index (κ3) is 2.07. The average Bonchev–Trinajstić information content (AvgIpc) is 2.57. The van der Waals surface area contributed by atoms with Crippen LogP contribution >= 0.6 is 46.4 Å². The van der Waals surface area contributed by atoms with Crippen LogP contribution in [0.5, 0.6) is 0 Å². The summed E-state index contributed by atoms with van der Waals surface area (Å²) in [6.45, 7) is 0. The first-order chi connectivity index (χ1) is 5.99. The fourth-order valence-corrected chi connectivity index (χ4v) is 2.45. The molecule has 0 aliphatic heterocycles. The lowest BCUT2D eigenvalue weighted by atomic mass is 10.1. The molecule has 1 aromatic carbocycles. The molecule has 0 aromatic heterocycles. The Morgan fingerprint density at radius 1 is 1.08 bits per heavy atom. The normalized spacial score (nSPS) is 24.5. The Balaban J connectivity index is 2.32. The van der Waals surface area contributed by atoms with E-state index in [0.29, 0.717) is 10.0 Å². The predicted molar refractivity (Wildman–Crippen MR) is 58.3 cm³/mol. The zero-order chi connectivity index (χ0) is 9.64. The van der Waals surface area contributed by atoms with E-state index in [1.54, 1.807) is 6.07 Å². The highest BCUT2D eigenvalue weighted by atomic mass is 35.5. The molecule has 70 valence electrons. The Morgan fingerprint density at radius 2 is 1.54 bits per heavy atom. The minimum absolute atomic E-state index is 0.173. The zero-order valence-corrected chi connectivity index (χ0v) is 9.55. The molecule has 0 amide bonds. The maximum absolute atomic E-state index is 5.93. The van der Waals surface area contributed by atoms with Gasteiger partial charge in [0, 0.05) is 16.0 Å². The van der Waals surface area contributed by atoms with E-state index in [9.17, 15) is 0 Å². The fraction of sp³-hybridized carbons (Fsp3) is 0.333. The third-order valence-electron chi connectivity index (χ3n) is 2.11. The van der Waals surface area contributed by atoms with Gasteiger partial charge in [-0.15, -0.1) is 23.2 Å². The van der Waals surface area contributed by atoms with Crippen LogP contribution in [0.4, 0.5) is 0 Å². The van der Waals surface area contributed by atoms with Gasteiger partial charge in [0.15, 0.2) is 0 Å². The molecule has 1 saturated carbocycles. The van der Waals surface area contributed by atoms with Gasteiger partial charge in [-0.3, -0.25) is 0 Å². The second kappa shape index (κ2) is 3.20. The van der Waals surface area contributed by atoms with Gasteiger partial charge in [0.2, 0.25) is 0 Å². The van der Waals surface area contributed by atoms with Crippen molar-refractivity contribution in [2.45, 2.75) is 16.7 Å². The Hall–Kier alpha value is 0.380. The van der Waals surface area contributed by atoms with Crippen molar-refractivity contribution >= 4 is 46.4 Å². The van der Waals surface area contributed by atoms with Crippen LogP contribution in [-0.2, 0) is 0 Å². The summed E-state index contributed by atoms with van der Waals surface area (Å²) in [7, 11) is 0. The highest BCUT2D eigenvalue weighted by Gasteiger charge is 2.52. The van der Waals surface area contributed by atoms with Gasteiger partial charge >= 0.3 is 0 Å². The molecule has 0 N–H and O–H groups in total. The van der Waals surface area contributed by atoms with Gasteiger partial charge in [-0.25, -0.2) is 0 Å². The van der Waals surface area contributed by atoms with Crippen molar-refractivity contribution in [3.63, 3.8) is 0 Å². The molecule has 1 aliphatic carbocycles. The summed E-state index contributed by atoms with van der Waals surface area (Å²) in [6.07, 6.45) is 0.771. The molecular formula is C9H6Cl4. The van der Waals surface area contributed by atoms with E-state index in [-0.39, 0.29) is 5.92 Å². The van der Waals surface area contributed by atoms with Gasteiger partial charge in [0.05, 0.1) is 0 Å². The van der Waals surface area contributed by atoms with Gasteiger partial charge in [-0.05, 0) is 30.2 Å². The number of rotatable bonds is 1. The van der Waals surface area contributed by atoms with E-state index in [4.69, 9.17) is 46.4 Å². The lowest BCUT2D eigenvalue weighted by molar-refractivity contribution is 1.11. The van der Waals surface area contributed by atoms with Crippen molar-refractivity contribution in [1.82, 2.24) is 0 Å². The molecule has 1 atom stereocenters. The van der Waals surface area contributed by atoms with Crippen molar-refractivity contribution in [2.75, 3.05) is 0 Å². The predicted octanol–water partition coefficient (Wildman–Crippen LogP) is 4.65. The molecule has 1 unspecified atom stereocenters. The van der Waals surface area contributed by atoms with Crippen molar-refractivity contribution in [3.8, 4) is 0 Å². The van der Waals surface area contributed by atoms with E-state index >= 15 is 0 Å². The maximum Gasteiger partial charge on any atom is 0.125 e. The van der Waals surface area contributed by atoms with Crippen LogP contribution in [-0.4, -0.2) is 4.33 Å². The molecule has 4 heteroatoms.